The number of rotatable bonds is 17. The van der Waals surface area contributed by atoms with E-state index in [1.165, 1.54) is 11.0 Å². The van der Waals surface area contributed by atoms with Gasteiger partial charge < -0.3 is 45.6 Å². The first-order chi connectivity index (χ1) is 29.5. The summed E-state index contributed by atoms with van der Waals surface area (Å²) in [7, 11) is 1.68. The second-order valence-corrected chi connectivity index (χ2v) is 15.6. The highest BCUT2D eigenvalue weighted by Gasteiger charge is 2.26. The van der Waals surface area contributed by atoms with Gasteiger partial charge in [0.1, 0.15) is 29.4 Å². The molecule has 5 N–H and O–H groups in total. The van der Waals surface area contributed by atoms with Gasteiger partial charge >= 0.3 is 6.03 Å². The van der Waals surface area contributed by atoms with Crippen LogP contribution in [0.2, 0.25) is 5.02 Å². The third kappa shape index (κ3) is 9.85. The largest absolute Gasteiger partial charge is 0.508 e. The minimum atomic E-state index is -0.697. The van der Waals surface area contributed by atoms with Gasteiger partial charge in [0.15, 0.2) is 5.82 Å². The van der Waals surface area contributed by atoms with Crippen molar-refractivity contribution in [1.29, 1.82) is 0 Å². The smallest absolute Gasteiger partial charge is 0.314 e. The molecule has 0 aliphatic carbocycles. The number of nitrogens with two attached hydrogens (primary N) is 1. The van der Waals surface area contributed by atoms with Crippen LogP contribution >= 0.6 is 22.9 Å². The van der Waals surface area contributed by atoms with Crippen LogP contribution in [0.3, 0.4) is 0 Å². The molecular weight excluding hydrogens is 825 g/mol. The fourth-order valence-electron chi connectivity index (χ4n) is 7.20. The molecular formula is C43H45ClFN9O6S. The molecule has 61 heavy (non-hydrogen) atoms. The van der Waals surface area contributed by atoms with E-state index < -0.39 is 11.8 Å². The summed E-state index contributed by atoms with van der Waals surface area (Å²) in [5, 5.41) is 18.2. The number of halogens is 2. The van der Waals surface area contributed by atoms with Crippen LogP contribution in [0, 0.1) is 12.7 Å². The maximum absolute atomic E-state index is 16.9. The molecule has 4 aromatic carbocycles. The summed E-state index contributed by atoms with van der Waals surface area (Å²) in [4.78, 5) is 55.6. The first kappa shape index (κ1) is 42.8. The van der Waals surface area contributed by atoms with Crippen molar-refractivity contribution >= 4 is 74.7 Å². The minimum absolute atomic E-state index is 0.00214. The average Bonchev–Trinajstić information content (AvgIpc) is 3.69. The number of nitrogens with one attached hydrogen (secondary N) is 2. The zero-order chi connectivity index (χ0) is 43.0. The van der Waals surface area contributed by atoms with Crippen molar-refractivity contribution in [2.45, 2.75) is 19.9 Å². The number of primary amides is 1. The van der Waals surface area contributed by atoms with E-state index in [4.69, 9.17) is 31.8 Å². The van der Waals surface area contributed by atoms with Gasteiger partial charge in [0.05, 0.1) is 34.3 Å². The lowest BCUT2D eigenvalue weighted by molar-refractivity contribution is -0.130. The second-order valence-electron chi connectivity index (χ2n) is 14.4. The molecule has 1 fully saturated rings. The lowest BCUT2D eigenvalue weighted by atomic mass is 9.96. The Morgan fingerprint density at radius 3 is 2.61 bits per heavy atom. The number of phenolic OH excluding ortho intramolecular Hbond substituents is 1. The number of piperazine rings is 1. The van der Waals surface area contributed by atoms with E-state index in [0.717, 1.165) is 21.7 Å². The number of amides is 4. The van der Waals surface area contributed by atoms with Crippen LogP contribution in [0.1, 0.15) is 17.7 Å². The molecule has 0 radical (unpaired) electrons. The SMILES string of the molecule is Cc1ncsc1-c1ccc(CNC=O)c(OCCOCCN(C)C(=O)CCNc2nc(N3CCN(C(N)=O)CC3)c3cc(Cl)c(-c4cc(O)cc5ccccc45)c(F)c3n2)c1. The number of carbonyl (C=O) groups is 3. The third-order valence-electron chi connectivity index (χ3n) is 10.4. The van der Waals surface area contributed by atoms with Crippen LogP contribution in [0.15, 0.2) is 66.2 Å². The molecule has 7 rings (SSSR count). The number of benzene rings is 4. The summed E-state index contributed by atoms with van der Waals surface area (Å²) >= 11 is 8.38. The Bertz CT molecular complexity index is 2570. The number of hydrogen-bond donors (Lipinski definition) is 4. The van der Waals surface area contributed by atoms with Crippen molar-refractivity contribution < 1.29 is 33.4 Å². The van der Waals surface area contributed by atoms with Crippen LogP contribution in [0.5, 0.6) is 11.5 Å². The van der Waals surface area contributed by atoms with Gasteiger partial charge in [-0.15, -0.1) is 11.3 Å². The highest BCUT2D eigenvalue weighted by atomic mass is 35.5. The van der Waals surface area contributed by atoms with Crippen LogP contribution in [0.25, 0.3) is 43.2 Å². The van der Waals surface area contributed by atoms with E-state index >= 15 is 4.39 Å². The first-order valence-corrected chi connectivity index (χ1v) is 20.9. The third-order valence-corrected chi connectivity index (χ3v) is 11.7. The lowest BCUT2D eigenvalue weighted by Crippen LogP contribution is -2.50. The Morgan fingerprint density at radius 2 is 1.85 bits per heavy atom. The number of ether oxygens (including phenoxy) is 2. The number of aryl methyl sites for hydroxylation is 1. The van der Waals surface area contributed by atoms with E-state index in [2.05, 4.69) is 20.6 Å². The summed E-state index contributed by atoms with van der Waals surface area (Å²) in [5.41, 5.74) is 10.5. The Labute approximate surface area is 360 Å². The van der Waals surface area contributed by atoms with Crippen molar-refractivity contribution in [2.75, 3.05) is 76.4 Å². The molecule has 0 spiro atoms. The molecule has 18 heteroatoms. The molecule has 2 aromatic heterocycles. The standard InChI is InChI=1S/C43H45ClFN9O6S/c1-26-40(61-25-49-26)28-7-8-29(23-47-24-55)35(20-28)60-18-17-59-16-15-52(2)36(57)9-10-48-43-50-39-33(41(51-43)53-11-13-54(14-12-53)42(46)58)22-34(44)37(38(39)45)32-21-30(56)19-27-5-3-4-6-31(27)32/h3-8,19-22,24-25,56H,9-18,23H2,1-2H3,(H2,46,58)(H,47,55)(H,48,50,51). The van der Waals surface area contributed by atoms with Gasteiger partial charge in [-0.1, -0.05) is 48.0 Å². The Balaban J connectivity index is 0.993. The number of hydrogen-bond acceptors (Lipinski definition) is 12. The van der Waals surface area contributed by atoms with Gasteiger partial charge in [0.25, 0.3) is 0 Å². The summed E-state index contributed by atoms with van der Waals surface area (Å²) in [5.74, 6) is 0.243. The zero-order valence-electron chi connectivity index (χ0n) is 33.6. The van der Waals surface area contributed by atoms with Crippen molar-refractivity contribution in [1.82, 2.24) is 30.1 Å². The predicted octanol–water partition coefficient (Wildman–Crippen LogP) is 6.18. The highest BCUT2D eigenvalue weighted by molar-refractivity contribution is 7.13. The predicted molar refractivity (Wildman–Crippen MR) is 235 cm³/mol. The summed E-state index contributed by atoms with van der Waals surface area (Å²) < 4.78 is 28.7. The molecule has 6 aromatic rings. The van der Waals surface area contributed by atoms with Crippen molar-refractivity contribution in [3.05, 3.63) is 88.3 Å². The fourth-order valence-corrected chi connectivity index (χ4v) is 8.30. The molecule has 318 valence electrons. The van der Waals surface area contributed by atoms with Gasteiger partial charge in [0.2, 0.25) is 18.3 Å². The monoisotopic (exact) mass is 869 g/mol. The maximum Gasteiger partial charge on any atom is 0.314 e. The van der Waals surface area contributed by atoms with Crippen molar-refractivity contribution in [2.24, 2.45) is 5.73 Å². The minimum Gasteiger partial charge on any atom is -0.508 e. The van der Waals surface area contributed by atoms with Crippen molar-refractivity contribution in [3.8, 4) is 33.1 Å². The normalized spacial score (nSPS) is 12.8. The molecule has 0 unspecified atom stereocenters. The Kier molecular flexibility index (Phi) is 13.6. The Morgan fingerprint density at radius 1 is 1.05 bits per heavy atom. The molecule has 1 aliphatic rings. The molecule has 1 saturated heterocycles. The number of nitrogens with zero attached hydrogens (tertiary/aromatic N) is 6. The molecule has 1 aliphatic heterocycles. The quantitative estimate of drug-likeness (QED) is 0.0605. The van der Waals surface area contributed by atoms with Crippen LogP contribution in [-0.2, 0) is 20.9 Å². The molecule has 3 heterocycles. The lowest BCUT2D eigenvalue weighted by Gasteiger charge is -2.35. The zero-order valence-corrected chi connectivity index (χ0v) is 35.2. The number of carbonyl (C=O) groups excluding carboxylic acids is 3. The van der Waals surface area contributed by atoms with Gasteiger partial charge in [0, 0.05) is 75.8 Å². The van der Waals surface area contributed by atoms with E-state index in [1.54, 1.807) is 40.9 Å². The van der Waals surface area contributed by atoms with Crippen LogP contribution < -0.4 is 26.0 Å². The van der Waals surface area contributed by atoms with Crippen LogP contribution in [0.4, 0.5) is 21.0 Å². The van der Waals surface area contributed by atoms with Crippen molar-refractivity contribution in [3.63, 3.8) is 0 Å². The molecule has 0 saturated carbocycles. The van der Waals surface area contributed by atoms with Gasteiger partial charge in [-0.2, -0.15) is 4.98 Å². The van der Waals surface area contributed by atoms with Gasteiger partial charge in [-0.25, -0.2) is 19.2 Å². The number of thiazole rings is 1. The number of aromatic hydroxyl groups is 1. The topological polar surface area (TPSA) is 188 Å². The fraction of sp³-hybridized carbons (Fsp3) is 0.302. The Hall–Kier alpha value is -6.30. The second kappa shape index (κ2) is 19.4. The van der Waals surface area contributed by atoms with Crippen LogP contribution in [-0.4, -0.2) is 114 Å². The first-order valence-electron chi connectivity index (χ1n) is 19.6. The summed E-state index contributed by atoms with van der Waals surface area (Å²) in [6.45, 7) is 5.00. The van der Waals surface area contributed by atoms with Gasteiger partial charge in [-0.3, -0.25) is 9.59 Å². The number of fused-ring (bicyclic) bond motifs is 2. The number of anilines is 2. The van der Waals surface area contributed by atoms with E-state index in [9.17, 15) is 19.5 Å². The van der Waals surface area contributed by atoms with E-state index in [0.29, 0.717) is 79.0 Å². The highest BCUT2D eigenvalue weighted by Crippen LogP contribution is 2.42. The van der Waals surface area contributed by atoms with E-state index in [-0.39, 0.29) is 66.5 Å². The molecule has 0 bridgehead atoms. The number of aromatic nitrogens is 3. The summed E-state index contributed by atoms with van der Waals surface area (Å²) in [6.07, 6.45) is 0.729. The van der Waals surface area contributed by atoms with Gasteiger partial charge in [-0.05, 0) is 53.1 Å². The summed E-state index contributed by atoms with van der Waals surface area (Å²) in [6, 6.07) is 17.3. The van der Waals surface area contributed by atoms with E-state index in [1.807, 2.05) is 54.3 Å². The molecule has 4 amide bonds. The average molecular weight is 870 g/mol. The number of likely N-dealkylation sites (N-methyl/N-ethyl adjacent to an activating group) is 1. The molecule has 15 nitrogen and oxygen atoms in total. The maximum atomic E-state index is 16.9. The number of urea groups is 1. The molecule has 0 atom stereocenters. The number of phenols is 1.